The van der Waals surface area contributed by atoms with Gasteiger partial charge in [0.15, 0.2) is 16.7 Å². The van der Waals surface area contributed by atoms with Crippen LogP contribution in [0.15, 0.2) is 81.8 Å². The van der Waals surface area contributed by atoms with Gasteiger partial charge in [0.05, 0.1) is 35.2 Å². The Bertz CT molecular complexity index is 1450. The number of aromatic hydroxyl groups is 1. The monoisotopic (exact) mass is 508 g/mol. The van der Waals surface area contributed by atoms with Crippen molar-refractivity contribution in [2.75, 3.05) is 12.4 Å². The molecule has 0 aliphatic heterocycles. The highest BCUT2D eigenvalue weighted by Gasteiger charge is 2.15. The molecule has 0 spiro atoms. The van der Waals surface area contributed by atoms with Gasteiger partial charge in [0.1, 0.15) is 0 Å². The molecule has 0 atom stereocenters. The van der Waals surface area contributed by atoms with E-state index in [2.05, 4.69) is 15.5 Å². The largest absolute Gasteiger partial charge is 0.504 e. The smallest absolute Gasteiger partial charge is 0.266 e. The number of amides is 1. The summed E-state index contributed by atoms with van der Waals surface area (Å²) in [4.78, 5) is 30.3. The molecule has 35 heavy (non-hydrogen) atoms. The second-order valence-electron chi connectivity index (χ2n) is 7.24. The topological polar surface area (TPSA) is 106 Å². The van der Waals surface area contributed by atoms with Gasteiger partial charge in [-0.15, -0.1) is 0 Å². The molecule has 3 aromatic carbocycles. The number of phenolic OH excluding ortho intramolecular Hbond substituents is 1. The highest BCUT2D eigenvalue weighted by molar-refractivity contribution is 7.99. The Kier molecular flexibility index (Phi) is 7.69. The van der Waals surface area contributed by atoms with Crippen LogP contribution < -0.4 is 15.7 Å². The minimum atomic E-state index is -0.406. The van der Waals surface area contributed by atoms with Gasteiger partial charge in [-0.2, -0.15) is 5.10 Å². The molecule has 1 heterocycles. The lowest BCUT2D eigenvalue weighted by atomic mass is 10.2. The van der Waals surface area contributed by atoms with Crippen LogP contribution in [0.3, 0.4) is 0 Å². The van der Waals surface area contributed by atoms with E-state index in [1.165, 1.54) is 10.8 Å². The second-order valence-corrected chi connectivity index (χ2v) is 8.62. The molecule has 0 fully saturated rings. The van der Waals surface area contributed by atoms with Gasteiger partial charge >= 0.3 is 0 Å². The SMILES string of the molecule is CCOc1cccc(/C=N/NC(=O)CSc2nc3ccccc3c(=O)n2-c2ccc(Cl)cc2)c1O. The summed E-state index contributed by atoms with van der Waals surface area (Å²) in [5, 5.41) is 15.5. The summed E-state index contributed by atoms with van der Waals surface area (Å²) in [5.41, 5.74) is 3.70. The quantitative estimate of drug-likeness (QED) is 0.158. The standard InChI is InChI=1S/C25H21ClN4O4S/c1-2-34-21-9-5-6-16(23(21)32)14-27-29-22(31)15-35-25-28-20-8-4-3-7-19(20)24(33)30(25)18-12-10-17(26)11-13-18/h3-14,32H,2,15H2,1H3,(H,29,31)/b27-14+. The Morgan fingerprint density at radius 1 is 1.17 bits per heavy atom. The normalized spacial score (nSPS) is 11.1. The predicted octanol–water partition coefficient (Wildman–Crippen LogP) is 4.39. The van der Waals surface area contributed by atoms with Gasteiger partial charge < -0.3 is 9.84 Å². The Hall–Kier alpha value is -3.82. The van der Waals surface area contributed by atoms with Crippen molar-refractivity contribution in [3.63, 3.8) is 0 Å². The van der Waals surface area contributed by atoms with Crippen LogP contribution in [-0.4, -0.2) is 39.1 Å². The maximum atomic E-state index is 13.2. The first kappa shape index (κ1) is 24.3. The average molecular weight is 509 g/mol. The highest BCUT2D eigenvalue weighted by Crippen LogP contribution is 2.28. The summed E-state index contributed by atoms with van der Waals surface area (Å²) in [5.74, 6) is -0.174. The fourth-order valence-electron chi connectivity index (χ4n) is 3.28. The molecular formula is C25H21ClN4O4S. The van der Waals surface area contributed by atoms with Gasteiger partial charge in [-0.3, -0.25) is 14.2 Å². The Labute approximate surface area is 210 Å². The molecule has 1 aromatic heterocycles. The number of carbonyl (C=O) groups excluding carboxylic acids is 1. The molecule has 10 heteroatoms. The molecular weight excluding hydrogens is 488 g/mol. The second kappa shape index (κ2) is 11.1. The van der Waals surface area contributed by atoms with Crippen molar-refractivity contribution in [1.29, 1.82) is 0 Å². The summed E-state index contributed by atoms with van der Waals surface area (Å²) in [6.45, 7) is 2.22. The number of nitrogens with one attached hydrogen (secondary N) is 1. The summed E-state index contributed by atoms with van der Waals surface area (Å²) >= 11 is 7.11. The third-order valence-electron chi connectivity index (χ3n) is 4.89. The van der Waals surface area contributed by atoms with Crippen molar-refractivity contribution in [3.8, 4) is 17.2 Å². The Morgan fingerprint density at radius 3 is 2.71 bits per heavy atom. The van der Waals surface area contributed by atoms with Crippen molar-refractivity contribution in [1.82, 2.24) is 15.0 Å². The molecule has 0 unspecified atom stereocenters. The van der Waals surface area contributed by atoms with Crippen LogP contribution in [0, 0.1) is 0 Å². The number of fused-ring (bicyclic) bond motifs is 1. The fourth-order valence-corrected chi connectivity index (χ4v) is 4.21. The molecule has 4 aromatic rings. The van der Waals surface area contributed by atoms with E-state index < -0.39 is 5.91 Å². The fraction of sp³-hybridized carbons (Fsp3) is 0.120. The van der Waals surface area contributed by atoms with Gasteiger partial charge in [-0.25, -0.2) is 10.4 Å². The summed E-state index contributed by atoms with van der Waals surface area (Å²) in [6.07, 6.45) is 1.33. The maximum absolute atomic E-state index is 13.2. The van der Waals surface area contributed by atoms with E-state index in [4.69, 9.17) is 16.3 Å². The summed E-state index contributed by atoms with van der Waals surface area (Å²) in [6, 6.07) is 18.8. The zero-order chi connectivity index (χ0) is 24.8. The van der Waals surface area contributed by atoms with Crippen molar-refractivity contribution in [2.24, 2.45) is 5.10 Å². The number of carbonyl (C=O) groups is 1. The van der Waals surface area contributed by atoms with E-state index in [0.717, 1.165) is 11.8 Å². The molecule has 0 saturated carbocycles. The van der Waals surface area contributed by atoms with Crippen molar-refractivity contribution >= 4 is 46.4 Å². The summed E-state index contributed by atoms with van der Waals surface area (Å²) < 4.78 is 6.80. The summed E-state index contributed by atoms with van der Waals surface area (Å²) in [7, 11) is 0. The van der Waals surface area contributed by atoms with Gasteiger partial charge in [-0.1, -0.05) is 41.6 Å². The molecule has 178 valence electrons. The highest BCUT2D eigenvalue weighted by atomic mass is 35.5. The van der Waals surface area contributed by atoms with Gasteiger partial charge in [0.25, 0.3) is 11.5 Å². The van der Waals surface area contributed by atoms with Crippen molar-refractivity contribution in [2.45, 2.75) is 12.1 Å². The molecule has 0 bridgehead atoms. The molecule has 2 N–H and O–H groups in total. The number of aromatic nitrogens is 2. The first-order chi connectivity index (χ1) is 17.0. The van der Waals surface area contributed by atoms with Gasteiger partial charge in [-0.05, 0) is 55.5 Å². The minimum absolute atomic E-state index is 0.0410. The first-order valence-corrected chi connectivity index (χ1v) is 12.0. The van der Waals surface area contributed by atoms with Gasteiger partial charge in [0.2, 0.25) is 0 Å². The number of nitrogens with zero attached hydrogens (tertiary/aromatic N) is 3. The van der Waals surface area contributed by atoms with Crippen molar-refractivity contribution in [3.05, 3.63) is 87.7 Å². The molecule has 1 amide bonds. The van der Waals surface area contributed by atoms with Crippen LogP contribution in [0.4, 0.5) is 0 Å². The molecule has 0 radical (unpaired) electrons. The third kappa shape index (κ3) is 5.64. The van der Waals surface area contributed by atoms with Gasteiger partial charge in [0, 0.05) is 10.6 Å². The van der Waals surface area contributed by atoms with E-state index in [1.54, 1.807) is 66.7 Å². The number of para-hydroxylation sites is 2. The number of ether oxygens (including phenoxy) is 1. The Morgan fingerprint density at radius 2 is 1.94 bits per heavy atom. The van der Waals surface area contributed by atoms with Crippen LogP contribution in [0.2, 0.25) is 5.02 Å². The van der Waals surface area contributed by atoms with Crippen LogP contribution in [0.25, 0.3) is 16.6 Å². The van der Waals surface area contributed by atoms with Crippen LogP contribution >= 0.6 is 23.4 Å². The van der Waals surface area contributed by atoms with Crippen LogP contribution in [-0.2, 0) is 4.79 Å². The molecule has 0 saturated heterocycles. The lowest BCUT2D eigenvalue weighted by Crippen LogP contribution is -2.24. The van der Waals surface area contributed by atoms with Crippen LogP contribution in [0.5, 0.6) is 11.5 Å². The molecule has 0 aliphatic rings. The molecule has 4 rings (SSSR count). The maximum Gasteiger partial charge on any atom is 0.266 e. The van der Waals surface area contributed by atoms with E-state index in [9.17, 15) is 14.7 Å². The number of halogens is 1. The number of hydrazone groups is 1. The van der Waals surface area contributed by atoms with Crippen LogP contribution in [0.1, 0.15) is 12.5 Å². The van der Waals surface area contributed by atoms with E-state index >= 15 is 0 Å². The minimum Gasteiger partial charge on any atom is -0.504 e. The number of phenols is 1. The zero-order valence-corrected chi connectivity index (χ0v) is 20.2. The number of rotatable bonds is 8. The number of hydrogen-bond donors (Lipinski definition) is 2. The number of thioether (sulfide) groups is 1. The Balaban J connectivity index is 1.53. The third-order valence-corrected chi connectivity index (χ3v) is 6.08. The van der Waals surface area contributed by atoms with Crippen molar-refractivity contribution < 1.29 is 14.6 Å². The van der Waals surface area contributed by atoms with E-state index in [0.29, 0.717) is 44.7 Å². The average Bonchev–Trinajstić information content (AvgIpc) is 2.86. The number of hydrogen-bond acceptors (Lipinski definition) is 7. The molecule has 0 aliphatic carbocycles. The lowest BCUT2D eigenvalue weighted by molar-refractivity contribution is -0.118. The zero-order valence-electron chi connectivity index (χ0n) is 18.6. The van der Waals surface area contributed by atoms with E-state index in [-0.39, 0.29) is 17.1 Å². The predicted molar refractivity (Wildman–Crippen MR) is 138 cm³/mol. The molecule has 8 nitrogen and oxygen atoms in total. The lowest BCUT2D eigenvalue weighted by Gasteiger charge is -2.13. The number of benzene rings is 3. The van der Waals surface area contributed by atoms with E-state index in [1.807, 2.05) is 6.92 Å². The first-order valence-electron chi connectivity index (χ1n) is 10.6.